The van der Waals surface area contributed by atoms with Crippen molar-refractivity contribution in [3.05, 3.63) is 77.9 Å². The Morgan fingerprint density at radius 3 is 2.44 bits per heavy atom. The van der Waals surface area contributed by atoms with Gasteiger partial charge in [-0.1, -0.05) is 52.4 Å². The molecule has 0 aliphatic heterocycles. The Bertz CT molecular complexity index is 878. The van der Waals surface area contributed by atoms with Crippen molar-refractivity contribution in [1.29, 1.82) is 0 Å². The first kappa shape index (κ1) is 19.5. The van der Waals surface area contributed by atoms with Crippen LogP contribution in [0.2, 0.25) is 0 Å². The van der Waals surface area contributed by atoms with E-state index in [0.29, 0.717) is 5.69 Å². The number of aliphatic hydroxyl groups is 1. The number of benzene rings is 2. The maximum absolute atomic E-state index is 12.9. The second kappa shape index (κ2) is 7.40. The first-order valence-corrected chi connectivity index (χ1v) is 9.12. The summed E-state index contributed by atoms with van der Waals surface area (Å²) in [5.74, 6) is 0. The average molecular weight is 439 g/mol. The number of allylic oxidation sites excluding steroid dienone is 2. The van der Waals surface area contributed by atoms with Crippen LogP contribution in [-0.2, 0) is 6.18 Å². The van der Waals surface area contributed by atoms with E-state index in [1.807, 2.05) is 24.3 Å². The summed E-state index contributed by atoms with van der Waals surface area (Å²) < 4.78 is 38.8. The fourth-order valence-electron chi connectivity index (χ4n) is 2.89. The molecule has 0 radical (unpaired) electrons. The highest BCUT2D eigenvalue weighted by Gasteiger charge is 2.37. The molecule has 2 unspecified atom stereocenters. The number of hydrogen-bond donors (Lipinski definition) is 3. The lowest BCUT2D eigenvalue weighted by Gasteiger charge is -2.37. The molecule has 2 aromatic carbocycles. The number of nitrogens with one attached hydrogen (secondary N) is 1. The lowest BCUT2D eigenvalue weighted by Crippen LogP contribution is -2.48. The molecule has 2 atom stereocenters. The summed E-state index contributed by atoms with van der Waals surface area (Å²) in [6.07, 6.45) is 1.07. The van der Waals surface area contributed by atoms with Crippen molar-refractivity contribution in [3.8, 4) is 0 Å². The summed E-state index contributed by atoms with van der Waals surface area (Å²) in [4.78, 5) is -0.345. The Balaban J connectivity index is 1.87. The lowest BCUT2D eigenvalue weighted by molar-refractivity contribution is -0.137. The number of nitrogen functional groups attached to an aromatic ring is 1. The van der Waals surface area contributed by atoms with Gasteiger partial charge in [0.15, 0.2) is 0 Å². The van der Waals surface area contributed by atoms with E-state index in [9.17, 15) is 18.3 Å². The minimum atomic E-state index is -4.43. The fraction of sp³-hybridized carbons (Fsp3) is 0.200. The summed E-state index contributed by atoms with van der Waals surface area (Å²) in [6.45, 7) is -0.304. The highest BCUT2D eigenvalue weighted by molar-refractivity contribution is 9.09. The maximum atomic E-state index is 12.9. The van der Waals surface area contributed by atoms with E-state index < -0.39 is 17.3 Å². The molecular weight excluding hydrogens is 421 g/mol. The SMILES string of the molecule is Nc1ccc(C2=CC(Br)C(CO)(Nc3cccc(C(F)(F)F)c3)C=C2)cc1. The molecule has 4 N–H and O–H groups in total. The lowest BCUT2D eigenvalue weighted by atomic mass is 9.86. The zero-order valence-corrected chi connectivity index (χ0v) is 15.8. The topological polar surface area (TPSA) is 58.3 Å². The fourth-order valence-corrected chi connectivity index (χ4v) is 3.59. The van der Waals surface area contributed by atoms with Gasteiger partial charge in [-0.3, -0.25) is 0 Å². The maximum Gasteiger partial charge on any atom is 0.416 e. The molecule has 0 amide bonds. The van der Waals surface area contributed by atoms with Gasteiger partial charge in [0.25, 0.3) is 0 Å². The molecule has 0 heterocycles. The van der Waals surface area contributed by atoms with E-state index >= 15 is 0 Å². The molecule has 0 saturated heterocycles. The molecular formula is C20H18BrF3N2O. The van der Waals surface area contributed by atoms with E-state index in [-0.39, 0.29) is 17.1 Å². The van der Waals surface area contributed by atoms with Gasteiger partial charge in [0.05, 0.1) is 22.5 Å². The third-order valence-corrected chi connectivity index (χ3v) is 5.53. The van der Waals surface area contributed by atoms with Gasteiger partial charge < -0.3 is 16.2 Å². The molecule has 3 nitrogen and oxygen atoms in total. The third-order valence-electron chi connectivity index (χ3n) is 4.45. The molecule has 0 bridgehead atoms. The second-order valence-electron chi connectivity index (χ2n) is 6.38. The largest absolute Gasteiger partial charge is 0.416 e. The van der Waals surface area contributed by atoms with Crippen molar-refractivity contribution in [2.45, 2.75) is 16.5 Å². The predicted molar refractivity (Wildman–Crippen MR) is 106 cm³/mol. The summed E-state index contributed by atoms with van der Waals surface area (Å²) in [5.41, 5.74) is 6.80. The molecule has 27 heavy (non-hydrogen) atoms. The number of anilines is 2. The number of hydrogen-bond acceptors (Lipinski definition) is 3. The van der Waals surface area contributed by atoms with Crippen LogP contribution < -0.4 is 11.1 Å². The zero-order chi connectivity index (χ0) is 19.7. The quantitative estimate of drug-likeness (QED) is 0.472. The minimum Gasteiger partial charge on any atom is -0.399 e. The van der Waals surface area contributed by atoms with Crippen molar-refractivity contribution in [2.24, 2.45) is 0 Å². The van der Waals surface area contributed by atoms with Crippen LogP contribution in [0.4, 0.5) is 24.5 Å². The molecule has 1 aliphatic carbocycles. The Hall–Kier alpha value is -2.25. The standard InChI is InChI=1S/C20H18BrF3N2O/c21-18-10-14(13-4-6-16(25)7-5-13)8-9-19(18,12-27)26-17-3-1-2-15(11-17)20(22,23)24/h1-11,18,26-27H,12,25H2. The molecule has 2 aromatic rings. The number of rotatable bonds is 4. The summed E-state index contributed by atoms with van der Waals surface area (Å²) in [6, 6.07) is 12.3. The number of nitrogens with two attached hydrogens (primary N) is 1. The molecule has 3 rings (SSSR count). The number of aliphatic hydroxyl groups excluding tert-OH is 1. The van der Waals surface area contributed by atoms with Gasteiger partial charge in [-0.2, -0.15) is 13.2 Å². The molecule has 142 valence electrons. The van der Waals surface area contributed by atoms with Crippen LogP contribution in [0, 0.1) is 0 Å². The minimum absolute atomic E-state index is 0.275. The first-order chi connectivity index (χ1) is 12.7. The van der Waals surface area contributed by atoms with Gasteiger partial charge in [0.2, 0.25) is 0 Å². The van der Waals surface area contributed by atoms with Crippen LogP contribution in [0.3, 0.4) is 0 Å². The number of halogens is 4. The van der Waals surface area contributed by atoms with Crippen LogP contribution >= 0.6 is 15.9 Å². The van der Waals surface area contributed by atoms with Crippen molar-refractivity contribution >= 4 is 32.9 Å². The highest BCUT2D eigenvalue weighted by Crippen LogP contribution is 2.36. The normalized spacial score (nSPS) is 22.4. The first-order valence-electron chi connectivity index (χ1n) is 8.21. The van der Waals surface area contributed by atoms with Crippen LogP contribution in [0.15, 0.2) is 66.8 Å². The summed E-state index contributed by atoms with van der Waals surface area (Å²) in [5, 5.41) is 13.0. The summed E-state index contributed by atoms with van der Waals surface area (Å²) >= 11 is 3.54. The van der Waals surface area contributed by atoms with E-state index in [1.54, 1.807) is 24.3 Å². The van der Waals surface area contributed by atoms with E-state index in [1.165, 1.54) is 6.07 Å². The summed E-state index contributed by atoms with van der Waals surface area (Å²) in [7, 11) is 0. The second-order valence-corrected chi connectivity index (χ2v) is 7.37. The third kappa shape index (κ3) is 4.20. The monoisotopic (exact) mass is 438 g/mol. The predicted octanol–water partition coefficient (Wildman–Crippen LogP) is 4.85. The van der Waals surface area contributed by atoms with Gasteiger partial charge in [0.1, 0.15) is 0 Å². The molecule has 1 aliphatic rings. The van der Waals surface area contributed by atoms with Crippen LogP contribution in [0.25, 0.3) is 5.57 Å². The number of alkyl halides is 4. The van der Waals surface area contributed by atoms with Crippen LogP contribution in [0.1, 0.15) is 11.1 Å². The van der Waals surface area contributed by atoms with Crippen molar-refractivity contribution in [1.82, 2.24) is 0 Å². The van der Waals surface area contributed by atoms with Crippen molar-refractivity contribution in [3.63, 3.8) is 0 Å². The van der Waals surface area contributed by atoms with Gasteiger partial charge in [0, 0.05) is 11.4 Å². The Morgan fingerprint density at radius 2 is 1.85 bits per heavy atom. The molecule has 0 spiro atoms. The van der Waals surface area contributed by atoms with Crippen molar-refractivity contribution in [2.75, 3.05) is 17.7 Å². The zero-order valence-electron chi connectivity index (χ0n) is 14.2. The Morgan fingerprint density at radius 1 is 1.15 bits per heavy atom. The smallest absolute Gasteiger partial charge is 0.399 e. The van der Waals surface area contributed by atoms with E-state index in [0.717, 1.165) is 23.3 Å². The van der Waals surface area contributed by atoms with Crippen LogP contribution in [0.5, 0.6) is 0 Å². The average Bonchev–Trinajstić information content (AvgIpc) is 2.64. The van der Waals surface area contributed by atoms with Crippen molar-refractivity contribution < 1.29 is 18.3 Å². The molecule has 0 saturated carbocycles. The molecule has 7 heteroatoms. The Labute approximate surface area is 163 Å². The highest BCUT2D eigenvalue weighted by atomic mass is 79.9. The van der Waals surface area contributed by atoms with Gasteiger partial charge >= 0.3 is 6.18 Å². The molecule has 0 aromatic heterocycles. The molecule has 0 fully saturated rings. The van der Waals surface area contributed by atoms with Gasteiger partial charge in [-0.05, 0) is 41.5 Å². The van der Waals surface area contributed by atoms with Gasteiger partial charge in [-0.25, -0.2) is 0 Å². The van der Waals surface area contributed by atoms with E-state index in [4.69, 9.17) is 5.73 Å². The van der Waals surface area contributed by atoms with Gasteiger partial charge in [-0.15, -0.1) is 0 Å². The van der Waals surface area contributed by atoms with E-state index in [2.05, 4.69) is 21.2 Å². The Kier molecular flexibility index (Phi) is 5.35. The van der Waals surface area contributed by atoms with Crippen LogP contribution in [-0.4, -0.2) is 22.1 Å².